The number of hydrogen-bond acceptors (Lipinski definition) is 2. The third-order valence-electron chi connectivity index (χ3n) is 3.81. The van der Waals surface area contributed by atoms with Crippen LogP contribution in [0.2, 0.25) is 0 Å². The Morgan fingerprint density at radius 1 is 1.14 bits per heavy atom. The highest BCUT2D eigenvalue weighted by atomic mass is 16.3. The summed E-state index contributed by atoms with van der Waals surface area (Å²) in [7, 11) is 0. The van der Waals surface area contributed by atoms with Crippen molar-refractivity contribution >= 4 is 0 Å². The fourth-order valence-electron chi connectivity index (χ4n) is 2.51. The van der Waals surface area contributed by atoms with Gasteiger partial charge in [-0.3, -0.25) is 0 Å². The monoisotopic (exact) mass is 197 g/mol. The Labute approximate surface area is 87.1 Å². The second-order valence-corrected chi connectivity index (χ2v) is 5.35. The van der Waals surface area contributed by atoms with Crippen molar-refractivity contribution < 1.29 is 5.11 Å². The molecule has 14 heavy (non-hydrogen) atoms. The first-order valence-electron chi connectivity index (χ1n) is 6.14. The minimum atomic E-state index is -0.469. The summed E-state index contributed by atoms with van der Waals surface area (Å²) in [6.07, 6.45) is 9.04. The Morgan fingerprint density at radius 2 is 1.79 bits per heavy atom. The first kappa shape index (κ1) is 10.4. The molecule has 2 heteroatoms. The molecule has 0 amide bonds. The maximum absolute atomic E-state index is 10.4. The average Bonchev–Trinajstić information content (AvgIpc) is 3.00. The molecule has 0 aliphatic heterocycles. The average molecular weight is 197 g/mol. The molecule has 2 saturated carbocycles. The van der Waals surface area contributed by atoms with Crippen molar-refractivity contribution in [2.24, 2.45) is 5.92 Å². The summed E-state index contributed by atoms with van der Waals surface area (Å²) in [6, 6.07) is 0.713. The molecule has 82 valence electrons. The lowest BCUT2D eigenvalue weighted by molar-refractivity contribution is -0.0154. The van der Waals surface area contributed by atoms with E-state index in [2.05, 4.69) is 5.32 Å². The van der Waals surface area contributed by atoms with Gasteiger partial charge in [-0.2, -0.15) is 0 Å². The summed E-state index contributed by atoms with van der Waals surface area (Å²) >= 11 is 0. The second-order valence-electron chi connectivity index (χ2n) is 5.35. The van der Waals surface area contributed by atoms with Crippen molar-refractivity contribution in [2.45, 2.75) is 63.5 Å². The van der Waals surface area contributed by atoms with Gasteiger partial charge in [-0.05, 0) is 38.5 Å². The quantitative estimate of drug-likeness (QED) is 0.723. The Hall–Kier alpha value is -0.0800. The van der Waals surface area contributed by atoms with Gasteiger partial charge in [0, 0.05) is 12.6 Å². The van der Waals surface area contributed by atoms with E-state index in [4.69, 9.17) is 0 Å². The molecule has 0 spiro atoms. The van der Waals surface area contributed by atoms with Crippen LogP contribution in [0.25, 0.3) is 0 Å². The lowest BCUT2D eigenvalue weighted by Gasteiger charge is -2.35. The molecular weight excluding hydrogens is 174 g/mol. The van der Waals surface area contributed by atoms with E-state index in [-0.39, 0.29) is 0 Å². The van der Waals surface area contributed by atoms with Crippen LogP contribution in [-0.2, 0) is 0 Å². The number of aliphatic hydroxyl groups is 1. The van der Waals surface area contributed by atoms with Gasteiger partial charge in [-0.25, -0.2) is 0 Å². The number of rotatable bonds is 4. The fraction of sp³-hybridized carbons (Fsp3) is 1.00. The van der Waals surface area contributed by atoms with Crippen LogP contribution in [0.4, 0.5) is 0 Å². The van der Waals surface area contributed by atoms with Gasteiger partial charge in [-0.15, -0.1) is 0 Å². The van der Waals surface area contributed by atoms with E-state index < -0.39 is 5.60 Å². The van der Waals surface area contributed by atoms with Crippen LogP contribution in [0, 0.1) is 5.92 Å². The van der Waals surface area contributed by atoms with Crippen LogP contribution < -0.4 is 5.32 Å². The van der Waals surface area contributed by atoms with Crippen LogP contribution in [0.1, 0.15) is 51.9 Å². The summed E-state index contributed by atoms with van der Waals surface area (Å²) in [5.74, 6) is 0.530. The first-order valence-corrected chi connectivity index (χ1v) is 6.14. The lowest BCUT2D eigenvalue weighted by Crippen LogP contribution is -2.45. The smallest absolute Gasteiger partial charge is 0.0771 e. The Balaban J connectivity index is 1.78. The van der Waals surface area contributed by atoms with Gasteiger partial charge in [0.2, 0.25) is 0 Å². The lowest BCUT2D eigenvalue weighted by atomic mass is 9.78. The zero-order chi connectivity index (χ0) is 10.0. The molecule has 2 N–H and O–H groups in total. The summed E-state index contributed by atoms with van der Waals surface area (Å²) in [6.45, 7) is 2.81. The highest BCUT2D eigenvalue weighted by Gasteiger charge is 2.34. The van der Waals surface area contributed by atoms with Crippen molar-refractivity contribution in [3.63, 3.8) is 0 Å². The molecule has 0 aromatic rings. The Bertz CT molecular complexity index is 181. The minimum absolute atomic E-state index is 0.469. The maximum Gasteiger partial charge on any atom is 0.0771 e. The molecule has 0 aromatic carbocycles. The molecule has 2 aliphatic carbocycles. The third-order valence-corrected chi connectivity index (χ3v) is 3.81. The Kier molecular flexibility index (Phi) is 3.13. The van der Waals surface area contributed by atoms with Crippen LogP contribution in [0.5, 0.6) is 0 Å². The van der Waals surface area contributed by atoms with E-state index >= 15 is 0 Å². The highest BCUT2D eigenvalue weighted by Crippen LogP contribution is 2.32. The van der Waals surface area contributed by atoms with Crippen molar-refractivity contribution in [2.75, 3.05) is 6.54 Å². The summed E-state index contributed by atoms with van der Waals surface area (Å²) in [5, 5.41) is 13.8. The van der Waals surface area contributed by atoms with Gasteiger partial charge in [0.15, 0.2) is 0 Å². The summed E-state index contributed by atoms with van der Waals surface area (Å²) < 4.78 is 0. The van der Waals surface area contributed by atoms with Crippen LogP contribution in [-0.4, -0.2) is 23.3 Å². The van der Waals surface area contributed by atoms with Crippen molar-refractivity contribution in [3.8, 4) is 0 Å². The zero-order valence-corrected chi connectivity index (χ0v) is 9.26. The fourth-order valence-corrected chi connectivity index (χ4v) is 2.51. The molecule has 1 unspecified atom stereocenters. The second kappa shape index (κ2) is 4.19. The van der Waals surface area contributed by atoms with Gasteiger partial charge in [-0.1, -0.05) is 19.3 Å². The molecule has 0 heterocycles. The van der Waals surface area contributed by atoms with E-state index in [0.29, 0.717) is 12.0 Å². The highest BCUT2D eigenvalue weighted by molar-refractivity contribution is 4.90. The Morgan fingerprint density at radius 3 is 2.36 bits per heavy atom. The van der Waals surface area contributed by atoms with E-state index in [0.717, 1.165) is 6.54 Å². The van der Waals surface area contributed by atoms with E-state index in [9.17, 15) is 5.11 Å². The van der Waals surface area contributed by atoms with Crippen LogP contribution in [0.3, 0.4) is 0 Å². The molecule has 0 bridgehead atoms. The summed E-state index contributed by atoms with van der Waals surface area (Å²) in [4.78, 5) is 0. The maximum atomic E-state index is 10.4. The third kappa shape index (κ3) is 2.71. The van der Waals surface area contributed by atoms with Gasteiger partial charge < -0.3 is 10.4 Å². The molecule has 0 radical (unpaired) electrons. The van der Waals surface area contributed by atoms with Gasteiger partial charge >= 0.3 is 0 Å². The molecule has 2 fully saturated rings. The standard InChI is InChI=1S/C12H23NO/c1-12(14,9-13-11-7-8-11)10-5-3-2-4-6-10/h10-11,13-14H,2-9H2,1H3. The molecule has 0 aromatic heterocycles. The molecule has 2 nitrogen and oxygen atoms in total. The molecule has 1 atom stereocenters. The van der Waals surface area contributed by atoms with Crippen molar-refractivity contribution in [3.05, 3.63) is 0 Å². The number of hydrogen-bond donors (Lipinski definition) is 2. The number of nitrogens with one attached hydrogen (secondary N) is 1. The van der Waals surface area contributed by atoms with Crippen LogP contribution >= 0.6 is 0 Å². The predicted molar refractivity (Wildman–Crippen MR) is 58.2 cm³/mol. The van der Waals surface area contributed by atoms with E-state index in [1.807, 2.05) is 6.92 Å². The van der Waals surface area contributed by atoms with Gasteiger partial charge in [0.1, 0.15) is 0 Å². The van der Waals surface area contributed by atoms with Crippen molar-refractivity contribution in [1.82, 2.24) is 5.32 Å². The van der Waals surface area contributed by atoms with Crippen molar-refractivity contribution in [1.29, 1.82) is 0 Å². The molecule has 0 saturated heterocycles. The molecule has 2 aliphatic rings. The molecule has 2 rings (SSSR count). The minimum Gasteiger partial charge on any atom is -0.389 e. The topological polar surface area (TPSA) is 32.3 Å². The zero-order valence-electron chi connectivity index (χ0n) is 9.26. The van der Waals surface area contributed by atoms with E-state index in [1.54, 1.807) is 0 Å². The summed E-state index contributed by atoms with van der Waals surface area (Å²) in [5.41, 5.74) is -0.469. The molecular formula is C12H23NO. The van der Waals surface area contributed by atoms with E-state index in [1.165, 1.54) is 44.9 Å². The van der Waals surface area contributed by atoms with Gasteiger partial charge in [0.25, 0.3) is 0 Å². The predicted octanol–water partition coefficient (Wildman–Crippen LogP) is 2.07. The largest absolute Gasteiger partial charge is 0.389 e. The first-order chi connectivity index (χ1) is 6.68. The normalized spacial score (nSPS) is 28.7. The van der Waals surface area contributed by atoms with Gasteiger partial charge in [0.05, 0.1) is 5.60 Å². The van der Waals surface area contributed by atoms with Crippen LogP contribution in [0.15, 0.2) is 0 Å². The SMILES string of the molecule is CC(O)(CNC1CC1)C1CCCCC1.